The van der Waals surface area contributed by atoms with E-state index in [-0.39, 0.29) is 29.8 Å². The number of fused-ring (bicyclic) bond motifs is 1. The molecule has 2 rings (SSSR count). The van der Waals surface area contributed by atoms with Crippen LogP contribution in [-0.2, 0) is 0 Å². The molecule has 0 aliphatic carbocycles. The van der Waals surface area contributed by atoms with Crippen LogP contribution in [0.1, 0.15) is 51.8 Å². The number of rotatable bonds is 2. The molecule has 0 bridgehead atoms. The minimum Gasteiger partial charge on any atom is -0.341 e. The highest BCUT2D eigenvalue weighted by Gasteiger charge is 2.42. The molecule has 0 aromatic heterocycles. The number of hydrogen-bond acceptors (Lipinski definition) is 3. The molecule has 0 spiro atoms. The van der Waals surface area contributed by atoms with E-state index in [1.165, 1.54) is 23.1 Å². The summed E-state index contributed by atoms with van der Waals surface area (Å²) >= 11 is 0. The number of carbonyl (C=O) groups is 3. The summed E-state index contributed by atoms with van der Waals surface area (Å²) in [6.45, 7) is 5.47. The van der Waals surface area contributed by atoms with Crippen LogP contribution in [0.3, 0.4) is 0 Å². The highest BCUT2D eigenvalue weighted by molar-refractivity contribution is 6.22. The van der Waals surface area contributed by atoms with Gasteiger partial charge in [-0.15, -0.1) is 6.42 Å². The van der Waals surface area contributed by atoms with Gasteiger partial charge in [0.2, 0.25) is 0 Å². The zero-order valence-electron chi connectivity index (χ0n) is 12.2. The van der Waals surface area contributed by atoms with Crippen molar-refractivity contribution < 1.29 is 14.4 Å². The molecule has 5 nitrogen and oxygen atoms in total. The topological polar surface area (TPSA) is 66.5 Å². The third-order valence-corrected chi connectivity index (χ3v) is 3.17. The van der Waals surface area contributed by atoms with Gasteiger partial charge in [0.25, 0.3) is 17.7 Å². The van der Waals surface area contributed by atoms with Crippen molar-refractivity contribution in [3.05, 3.63) is 34.9 Å². The van der Waals surface area contributed by atoms with Crippen molar-refractivity contribution in [3.63, 3.8) is 0 Å². The van der Waals surface area contributed by atoms with Gasteiger partial charge in [0.15, 0.2) is 0 Å². The zero-order chi connectivity index (χ0) is 15.8. The minimum atomic E-state index is -0.612. The van der Waals surface area contributed by atoms with Crippen LogP contribution in [0, 0.1) is 12.3 Å². The Morgan fingerprint density at radius 1 is 1.24 bits per heavy atom. The molecular formula is C16H16N2O3. The molecule has 0 unspecified atom stereocenters. The van der Waals surface area contributed by atoms with Crippen LogP contribution in [0.25, 0.3) is 0 Å². The van der Waals surface area contributed by atoms with Crippen LogP contribution >= 0.6 is 0 Å². The standard InChI is InChI=1S/C16H16N2O3/c1-5-8-17-13(19)10-6-7-11-12(9-10)15(21)18(14(11)20)16(2,3)4/h1,6-7,9H,8H2,2-4H3,(H,17,19). The molecule has 0 fully saturated rings. The summed E-state index contributed by atoms with van der Waals surface area (Å²) in [5.74, 6) is 1.22. The van der Waals surface area contributed by atoms with Gasteiger partial charge in [-0.2, -0.15) is 0 Å². The van der Waals surface area contributed by atoms with Crippen molar-refractivity contribution in [3.8, 4) is 12.3 Å². The molecule has 3 amide bonds. The normalized spacial score (nSPS) is 13.9. The summed E-state index contributed by atoms with van der Waals surface area (Å²) < 4.78 is 0. The van der Waals surface area contributed by atoms with Crippen LogP contribution in [-0.4, -0.2) is 34.7 Å². The average Bonchev–Trinajstić information content (AvgIpc) is 2.67. The Bertz CT molecular complexity index is 678. The predicted molar refractivity (Wildman–Crippen MR) is 77.9 cm³/mol. The molecule has 21 heavy (non-hydrogen) atoms. The fourth-order valence-electron chi connectivity index (χ4n) is 2.22. The van der Waals surface area contributed by atoms with E-state index in [9.17, 15) is 14.4 Å². The number of nitrogens with zero attached hydrogens (tertiary/aromatic N) is 1. The van der Waals surface area contributed by atoms with E-state index in [0.717, 1.165) is 0 Å². The molecule has 0 radical (unpaired) electrons. The first kappa shape index (κ1) is 14.8. The van der Waals surface area contributed by atoms with E-state index in [1.54, 1.807) is 20.8 Å². The maximum Gasteiger partial charge on any atom is 0.262 e. The highest BCUT2D eigenvalue weighted by atomic mass is 16.2. The molecule has 1 N–H and O–H groups in total. The zero-order valence-corrected chi connectivity index (χ0v) is 12.2. The van der Waals surface area contributed by atoms with Crippen molar-refractivity contribution in [1.82, 2.24) is 10.2 Å². The number of carbonyl (C=O) groups excluding carboxylic acids is 3. The third-order valence-electron chi connectivity index (χ3n) is 3.17. The van der Waals surface area contributed by atoms with E-state index < -0.39 is 5.54 Å². The first-order valence-electron chi connectivity index (χ1n) is 6.52. The number of terminal acetylenes is 1. The van der Waals surface area contributed by atoms with E-state index in [4.69, 9.17) is 6.42 Å². The molecule has 1 aliphatic heterocycles. The second kappa shape index (κ2) is 5.06. The van der Waals surface area contributed by atoms with Gasteiger partial charge in [0.05, 0.1) is 17.7 Å². The first-order valence-corrected chi connectivity index (χ1v) is 6.52. The molecule has 1 aliphatic rings. The maximum atomic E-state index is 12.4. The number of imide groups is 1. The van der Waals surface area contributed by atoms with Crippen molar-refractivity contribution in [2.45, 2.75) is 26.3 Å². The first-order chi connectivity index (χ1) is 9.77. The van der Waals surface area contributed by atoms with Crippen molar-refractivity contribution in [1.29, 1.82) is 0 Å². The Morgan fingerprint density at radius 3 is 2.43 bits per heavy atom. The molecule has 1 aromatic rings. The lowest BCUT2D eigenvalue weighted by atomic mass is 10.1. The van der Waals surface area contributed by atoms with E-state index in [0.29, 0.717) is 11.1 Å². The number of amides is 3. The van der Waals surface area contributed by atoms with Gasteiger partial charge < -0.3 is 5.32 Å². The highest BCUT2D eigenvalue weighted by Crippen LogP contribution is 2.29. The molecule has 1 heterocycles. The van der Waals surface area contributed by atoms with Gasteiger partial charge in [-0.3, -0.25) is 19.3 Å². The van der Waals surface area contributed by atoms with Crippen LogP contribution in [0.5, 0.6) is 0 Å². The van der Waals surface area contributed by atoms with Gasteiger partial charge >= 0.3 is 0 Å². The number of benzene rings is 1. The molecule has 5 heteroatoms. The van der Waals surface area contributed by atoms with Crippen molar-refractivity contribution in [2.75, 3.05) is 6.54 Å². The summed E-state index contributed by atoms with van der Waals surface area (Å²) in [6.07, 6.45) is 5.08. The molecular weight excluding hydrogens is 268 g/mol. The van der Waals surface area contributed by atoms with Gasteiger partial charge in [0.1, 0.15) is 0 Å². The minimum absolute atomic E-state index is 0.108. The number of hydrogen-bond donors (Lipinski definition) is 1. The second-order valence-corrected chi connectivity index (χ2v) is 5.76. The summed E-state index contributed by atoms with van der Waals surface area (Å²) in [4.78, 5) is 37.7. The van der Waals surface area contributed by atoms with Crippen molar-refractivity contribution in [2.24, 2.45) is 0 Å². The molecule has 0 saturated heterocycles. The Balaban J connectivity index is 2.39. The van der Waals surface area contributed by atoms with Gasteiger partial charge in [-0.1, -0.05) is 5.92 Å². The van der Waals surface area contributed by atoms with Crippen LogP contribution in [0.15, 0.2) is 18.2 Å². The molecule has 0 atom stereocenters. The fraction of sp³-hybridized carbons (Fsp3) is 0.312. The quantitative estimate of drug-likeness (QED) is 0.660. The van der Waals surface area contributed by atoms with Gasteiger partial charge in [-0.05, 0) is 39.0 Å². The summed E-state index contributed by atoms with van der Waals surface area (Å²) in [5.41, 5.74) is 0.270. The van der Waals surface area contributed by atoms with Gasteiger partial charge in [0, 0.05) is 11.1 Å². The average molecular weight is 284 g/mol. The lowest BCUT2D eigenvalue weighted by molar-refractivity contribution is 0.0507. The largest absolute Gasteiger partial charge is 0.341 e. The predicted octanol–water partition coefficient (Wildman–Crippen LogP) is 1.44. The SMILES string of the molecule is C#CCNC(=O)c1ccc2c(c1)C(=O)N(C(C)(C)C)C2=O. The summed E-state index contributed by atoms with van der Waals surface area (Å²) in [5, 5.41) is 2.52. The molecule has 0 saturated carbocycles. The van der Waals surface area contributed by atoms with Crippen LogP contribution in [0.4, 0.5) is 0 Å². The Labute approximate surface area is 123 Å². The summed E-state index contributed by atoms with van der Waals surface area (Å²) in [7, 11) is 0. The monoisotopic (exact) mass is 284 g/mol. The lowest BCUT2D eigenvalue weighted by Gasteiger charge is -2.29. The van der Waals surface area contributed by atoms with Crippen molar-refractivity contribution >= 4 is 17.7 Å². The maximum absolute atomic E-state index is 12.4. The van der Waals surface area contributed by atoms with E-state index >= 15 is 0 Å². The number of nitrogens with one attached hydrogen (secondary N) is 1. The smallest absolute Gasteiger partial charge is 0.262 e. The molecule has 108 valence electrons. The Kier molecular flexibility index (Phi) is 3.56. The fourth-order valence-corrected chi connectivity index (χ4v) is 2.22. The lowest BCUT2D eigenvalue weighted by Crippen LogP contribution is -2.45. The summed E-state index contributed by atoms with van der Waals surface area (Å²) in [6, 6.07) is 4.46. The Morgan fingerprint density at radius 2 is 1.86 bits per heavy atom. The second-order valence-electron chi connectivity index (χ2n) is 5.76. The molecule has 1 aromatic carbocycles. The third kappa shape index (κ3) is 2.52. The van der Waals surface area contributed by atoms with E-state index in [2.05, 4.69) is 11.2 Å². The van der Waals surface area contributed by atoms with E-state index in [1.807, 2.05) is 0 Å². The Hall–Kier alpha value is -2.61. The van der Waals surface area contributed by atoms with Crippen LogP contribution < -0.4 is 5.32 Å². The van der Waals surface area contributed by atoms with Crippen LogP contribution in [0.2, 0.25) is 0 Å². The van der Waals surface area contributed by atoms with Gasteiger partial charge in [-0.25, -0.2) is 0 Å².